The van der Waals surface area contributed by atoms with E-state index < -0.39 is 0 Å². The average Bonchev–Trinajstić information content (AvgIpc) is 3.69. The van der Waals surface area contributed by atoms with Crippen molar-refractivity contribution in [3.63, 3.8) is 0 Å². The molecule has 0 unspecified atom stereocenters. The zero-order valence-electron chi connectivity index (χ0n) is 19.8. The molecular weight excluding hydrogens is 454 g/mol. The molecule has 2 aliphatic rings. The predicted octanol–water partition coefficient (Wildman–Crippen LogP) is 4.61. The van der Waals surface area contributed by atoms with E-state index in [0.717, 1.165) is 48.3 Å². The van der Waals surface area contributed by atoms with Crippen molar-refractivity contribution in [2.45, 2.75) is 32.1 Å². The number of aromatic nitrogens is 4. The van der Waals surface area contributed by atoms with Crippen LogP contribution in [-0.4, -0.2) is 45.1 Å². The smallest absolute Gasteiger partial charge is 0.276 e. The number of aromatic amines is 1. The van der Waals surface area contributed by atoms with Gasteiger partial charge in [0.05, 0.1) is 35.0 Å². The maximum atomic E-state index is 13.2. The average molecular weight is 482 g/mol. The molecule has 4 heterocycles. The molecule has 1 aromatic carbocycles. The van der Waals surface area contributed by atoms with Gasteiger partial charge >= 0.3 is 0 Å². The maximum absolute atomic E-state index is 13.2. The van der Waals surface area contributed by atoms with Gasteiger partial charge in [-0.2, -0.15) is 5.10 Å². The van der Waals surface area contributed by atoms with Crippen molar-refractivity contribution in [2.75, 3.05) is 28.6 Å². The molecule has 1 aliphatic carbocycles. The maximum Gasteiger partial charge on any atom is 0.276 e. The number of carbonyl (C=O) groups is 2. The Morgan fingerprint density at radius 3 is 2.58 bits per heavy atom. The van der Waals surface area contributed by atoms with Crippen molar-refractivity contribution in [3.05, 3.63) is 60.8 Å². The van der Waals surface area contributed by atoms with Crippen molar-refractivity contribution in [3.8, 4) is 11.1 Å². The van der Waals surface area contributed by atoms with E-state index in [2.05, 4.69) is 41.8 Å². The molecule has 36 heavy (non-hydrogen) atoms. The number of carbonyl (C=O) groups excluding carboxylic acids is 2. The molecule has 1 saturated heterocycles. The van der Waals surface area contributed by atoms with Gasteiger partial charge < -0.3 is 15.5 Å². The summed E-state index contributed by atoms with van der Waals surface area (Å²) >= 11 is 0. The fraction of sp³-hybridized carbons (Fsp3) is 0.296. The molecule has 0 spiro atoms. The minimum atomic E-state index is -0.381. The Kier molecular flexibility index (Phi) is 5.80. The van der Waals surface area contributed by atoms with E-state index in [0.29, 0.717) is 16.8 Å². The number of pyridine rings is 2. The van der Waals surface area contributed by atoms with Crippen LogP contribution in [0.2, 0.25) is 0 Å². The van der Waals surface area contributed by atoms with Gasteiger partial charge in [0.2, 0.25) is 5.91 Å². The summed E-state index contributed by atoms with van der Waals surface area (Å²) in [5.74, 6) is -0.362. The van der Waals surface area contributed by atoms with E-state index in [1.807, 2.05) is 30.6 Å². The van der Waals surface area contributed by atoms with Gasteiger partial charge in [0.25, 0.3) is 5.91 Å². The topological polar surface area (TPSA) is 116 Å². The number of fused-ring (bicyclic) bond motifs is 1. The fourth-order valence-corrected chi connectivity index (χ4v) is 4.64. The lowest BCUT2D eigenvalue weighted by Crippen LogP contribution is -2.29. The lowest BCUT2D eigenvalue weighted by Gasteiger charge is -2.28. The van der Waals surface area contributed by atoms with Gasteiger partial charge in [-0.25, -0.2) is 0 Å². The molecule has 3 N–H and O–H groups in total. The zero-order chi connectivity index (χ0) is 24.5. The molecule has 2 fully saturated rings. The monoisotopic (exact) mass is 481 g/mol. The first-order valence-electron chi connectivity index (χ1n) is 12.4. The number of nitrogens with one attached hydrogen (secondary N) is 3. The van der Waals surface area contributed by atoms with Crippen LogP contribution >= 0.6 is 0 Å². The van der Waals surface area contributed by atoms with Gasteiger partial charge in [-0.05, 0) is 61.9 Å². The van der Waals surface area contributed by atoms with Crippen LogP contribution in [0.1, 0.15) is 42.6 Å². The van der Waals surface area contributed by atoms with Crippen LogP contribution in [0.3, 0.4) is 0 Å². The van der Waals surface area contributed by atoms with Crippen LogP contribution in [0.5, 0.6) is 0 Å². The van der Waals surface area contributed by atoms with Gasteiger partial charge in [0.15, 0.2) is 5.69 Å². The third-order valence-corrected chi connectivity index (χ3v) is 6.83. The largest absolute Gasteiger partial charge is 0.370 e. The number of piperidine rings is 1. The number of hydrogen-bond acceptors (Lipinski definition) is 6. The fourth-order valence-electron chi connectivity index (χ4n) is 4.64. The van der Waals surface area contributed by atoms with E-state index >= 15 is 0 Å². The van der Waals surface area contributed by atoms with Crippen LogP contribution in [0, 0.1) is 5.92 Å². The van der Waals surface area contributed by atoms with Crippen molar-refractivity contribution in [1.82, 2.24) is 20.2 Å². The second-order valence-corrected chi connectivity index (χ2v) is 9.45. The van der Waals surface area contributed by atoms with E-state index in [1.165, 1.54) is 25.5 Å². The summed E-state index contributed by atoms with van der Waals surface area (Å²) in [7, 11) is 0. The lowest BCUT2D eigenvalue weighted by molar-refractivity contribution is -0.117. The van der Waals surface area contributed by atoms with Crippen molar-refractivity contribution >= 4 is 39.8 Å². The normalized spacial score (nSPS) is 15.6. The predicted molar refractivity (Wildman–Crippen MR) is 139 cm³/mol. The SMILES string of the molecule is O=C(Nc1cnccc1NC(=O)C1CC1)c1n[nH]c2ccc(-c3cncc(N4CCCCC4)c3)cc12. The second-order valence-electron chi connectivity index (χ2n) is 9.45. The highest BCUT2D eigenvalue weighted by Crippen LogP contribution is 2.32. The molecule has 9 nitrogen and oxygen atoms in total. The number of H-pyrrole nitrogens is 1. The Labute approximate surface area is 208 Å². The quantitative estimate of drug-likeness (QED) is 0.370. The third kappa shape index (κ3) is 4.51. The molecule has 0 atom stereocenters. The van der Waals surface area contributed by atoms with E-state index in [9.17, 15) is 9.59 Å². The molecule has 2 amide bonds. The molecule has 3 aromatic heterocycles. The summed E-state index contributed by atoms with van der Waals surface area (Å²) in [5.41, 5.74) is 5.06. The van der Waals surface area contributed by atoms with Crippen molar-refractivity contribution in [1.29, 1.82) is 0 Å². The Morgan fingerprint density at radius 2 is 1.75 bits per heavy atom. The second kappa shape index (κ2) is 9.41. The van der Waals surface area contributed by atoms with Crippen molar-refractivity contribution < 1.29 is 9.59 Å². The van der Waals surface area contributed by atoms with Crippen LogP contribution in [0.25, 0.3) is 22.0 Å². The molecule has 4 aromatic rings. The van der Waals surface area contributed by atoms with Gasteiger partial charge in [0.1, 0.15) is 0 Å². The Morgan fingerprint density at radius 1 is 0.889 bits per heavy atom. The first kappa shape index (κ1) is 22.2. The molecule has 1 saturated carbocycles. The number of anilines is 3. The van der Waals surface area contributed by atoms with Crippen LogP contribution in [0.4, 0.5) is 17.1 Å². The van der Waals surface area contributed by atoms with E-state index in [-0.39, 0.29) is 23.4 Å². The minimum absolute atomic E-state index is 0.0352. The number of amides is 2. The summed E-state index contributed by atoms with van der Waals surface area (Å²) in [6.45, 7) is 2.10. The highest BCUT2D eigenvalue weighted by Gasteiger charge is 2.30. The summed E-state index contributed by atoms with van der Waals surface area (Å²) in [5, 5.41) is 13.7. The minimum Gasteiger partial charge on any atom is -0.370 e. The van der Waals surface area contributed by atoms with Gasteiger partial charge in [-0.3, -0.25) is 24.7 Å². The van der Waals surface area contributed by atoms with Crippen LogP contribution < -0.4 is 15.5 Å². The first-order valence-corrected chi connectivity index (χ1v) is 12.4. The number of nitrogens with zero attached hydrogens (tertiary/aromatic N) is 4. The van der Waals surface area contributed by atoms with Gasteiger partial charge in [0, 0.05) is 42.4 Å². The third-order valence-electron chi connectivity index (χ3n) is 6.83. The zero-order valence-corrected chi connectivity index (χ0v) is 19.8. The standard InChI is InChI=1S/C27H27N7O2/c35-26(17-4-5-17)30-23-8-9-28-16-24(23)31-27(36)25-21-13-18(6-7-22(21)32-33-25)19-12-20(15-29-14-19)34-10-2-1-3-11-34/h6-9,12-17H,1-5,10-11H2,(H,31,36)(H,32,33)(H,28,30,35). The van der Waals surface area contributed by atoms with E-state index in [4.69, 9.17) is 0 Å². The highest BCUT2D eigenvalue weighted by molar-refractivity contribution is 6.13. The van der Waals surface area contributed by atoms with Gasteiger partial charge in [-0.1, -0.05) is 6.07 Å². The Hall–Kier alpha value is -4.27. The molecule has 0 radical (unpaired) electrons. The van der Waals surface area contributed by atoms with Crippen LogP contribution in [-0.2, 0) is 4.79 Å². The molecule has 182 valence electrons. The summed E-state index contributed by atoms with van der Waals surface area (Å²) in [4.78, 5) is 36.4. The first-order chi connectivity index (χ1) is 17.7. The summed E-state index contributed by atoms with van der Waals surface area (Å²) in [6.07, 6.45) is 12.3. The summed E-state index contributed by atoms with van der Waals surface area (Å²) in [6, 6.07) is 9.73. The van der Waals surface area contributed by atoms with Crippen molar-refractivity contribution in [2.24, 2.45) is 5.92 Å². The number of rotatable bonds is 6. The van der Waals surface area contributed by atoms with Crippen LogP contribution in [0.15, 0.2) is 55.1 Å². The summed E-state index contributed by atoms with van der Waals surface area (Å²) < 4.78 is 0. The highest BCUT2D eigenvalue weighted by atomic mass is 16.2. The molecular formula is C27H27N7O2. The van der Waals surface area contributed by atoms with Gasteiger partial charge in [-0.15, -0.1) is 0 Å². The Balaban J connectivity index is 1.26. The number of hydrogen-bond donors (Lipinski definition) is 3. The number of benzene rings is 1. The molecule has 9 heteroatoms. The molecule has 6 rings (SSSR count). The lowest BCUT2D eigenvalue weighted by atomic mass is 10.0. The molecule has 0 bridgehead atoms. The van der Waals surface area contributed by atoms with E-state index in [1.54, 1.807) is 12.3 Å². The Bertz CT molecular complexity index is 1440. The molecule has 1 aliphatic heterocycles.